The molecule has 1 aromatic carbocycles. The van der Waals surface area contributed by atoms with Gasteiger partial charge in [0.15, 0.2) is 0 Å². The summed E-state index contributed by atoms with van der Waals surface area (Å²) in [5.74, 6) is 1.62. The quantitative estimate of drug-likeness (QED) is 0.807. The molecule has 3 aliphatic rings. The topological polar surface area (TPSA) is 71.3 Å². The second kappa shape index (κ2) is 6.23. The number of hydrogen-bond acceptors (Lipinski definition) is 4. The number of rotatable bonds is 3. The van der Waals surface area contributed by atoms with Crippen molar-refractivity contribution >= 4 is 23.3 Å². The third-order valence-electron chi connectivity index (χ3n) is 6.46. The summed E-state index contributed by atoms with van der Waals surface area (Å²) in [6.07, 6.45) is 7.45. The summed E-state index contributed by atoms with van der Waals surface area (Å²) in [4.78, 5) is 15.1. The summed E-state index contributed by atoms with van der Waals surface area (Å²) in [6.45, 7) is 1.78. The van der Waals surface area contributed by atoms with Gasteiger partial charge in [0.25, 0.3) is 0 Å². The minimum absolute atomic E-state index is 0.0938. The number of halogens is 1. The van der Waals surface area contributed by atoms with Gasteiger partial charge in [0.2, 0.25) is 11.8 Å². The maximum Gasteiger partial charge on any atom is 0.322 e. The zero-order valence-corrected chi connectivity index (χ0v) is 16.1. The van der Waals surface area contributed by atoms with Crippen LogP contribution in [0.5, 0.6) is 0 Å². The van der Waals surface area contributed by atoms with Crippen LogP contribution in [-0.4, -0.2) is 27.2 Å². The van der Waals surface area contributed by atoms with Crippen LogP contribution in [0.3, 0.4) is 0 Å². The molecule has 2 amide bonds. The first-order valence-corrected chi connectivity index (χ1v) is 10.1. The van der Waals surface area contributed by atoms with Crippen LogP contribution >= 0.6 is 11.6 Å². The van der Waals surface area contributed by atoms with Gasteiger partial charge in [0.05, 0.1) is 0 Å². The number of nitrogens with zero attached hydrogens (tertiary/aromatic N) is 3. The van der Waals surface area contributed by atoms with Gasteiger partial charge in [-0.05, 0) is 61.8 Å². The first kappa shape index (κ1) is 17.0. The molecular formula is C20H23ClN4O2. The second-order valence-corrected chi connectivity index (χ2v) is 8.48. The van der Waals surface area contributed by atoms with Crippen molar-refractivity contribution in [3.63, 3.8) is 0 Å². The van der Waals surface area contributed by atoms with Crippen molar-refractivity contribution in [2.75, 3.05) is 5.32 Å². The molecule has 5 rings (SSSR count). The maximum atomic E-state index is 13.1. The van der Waals surface area contributed by atoms with Gasteiger partial charge in [0, 0.05) is 30.1 Å². The average molecular weight is 387 g/mol. The molecule has 2 bridgehead atoms. The number of aromatic nitrogens is 2. The number of urea groups is 1. The number of amides is 2. The summed E-state index contributed by atoms with van der Waals surface area (Å²) >= 11 is 6.37. The zero-order valence-electron chi connectivity index (χ0n) is 15.4. The monoisotopic (exact) mass is 386 g/mol. The third kappa shape index (κ3) is 2.64. The van der Waals surface area contributed by atoms with E-state index in [0.717, 1.165) is 42.0 Å². The predicted octanol–water partition coefficient (Wildman–Crippen LogP) is 4.98. The molecule has 0 radical (unpaired) electrons. The van der Waals surface area contributed by atoms with Gasteiger partial charge < -0.3 is 14.6 Å². The Hall–Kier alpha value is -2.08. The normalized spacial score (nSPS) is 27.0. The molecule has 2 aromatic rings. The SMILES string of the molecule is Cc1nnc(C23CCC[C@H](C2)N3C(=O)Nc2ccc(Cl)c(C3CCC3)c2)o1. The van der Waals surface area contributed by atoms with Crippen LogP contribution in [-0.2, 0) is 5.54 Å². The molecule has 6 nitrogen and oxygen atoms in total. The molecule has 1 N–H and O–H groups in total. The molecular weight excluding hydrogens is 364 g/mol. The van der Waals surface area contributed by atoms with Gasteiger partial charge in [-0.15, -0.1) is 10.2 Å². The van der Waals surface area contributed by atoms with E-state index in [0.29, 0.717) is 17.7 Å². The van der Waals surface area contributed by atoms with Crippen molar-refractivity contribution in [2.24, 2.45) is 0 Å². The molecule has 2 aliphatic carbocycles. The van der Waals surface area contributed by atoms with E-state index in [1.807, 2.05) is 23.1 Å². The number of fused-ring (bicyclic) bond motifs is 2. The molecule has 2 heterocycles. The summed E-state index contributed by atoms with van der Waals surface area (Å²) in [5.41, 5.74) is 1.50. The van der Waals surface area contributed by atoms with Crippen molar-refractivity contribution in [2.45, 2.75) is 69.4 Å². The molecule has 1 saturated heterocycles. The molecule has 142 valence electrons. The minimum atomic E-state index is -0.447. The van der Waals surface area contributed by atoms with E-state index in [1.54, 1.807) is 6.92 Å². The van der Waals surface area contributed by atoms with Crippen LogP contribution in [0.25, 0.3) is 0 Å². The van der Waals surface area contributed by atoms with Gasteiger partial charge in [-0.2, -0.15) is 0 Å². The van der Waals surface area contributed by atoms with Gasteiger partial charge >= 0.3 is 6.03 Å². The van der Waals surface area contributed by atoms with Crippen molar-refractivity contribution in [1.29, 1.82) is 0 Å². The van der Waals surface area contributed by atoms with Crippen molar-refractivity contribution in [1.82, 2.24) is 15.1 Å². The number of aryl methyl sites for hydroxylation is 1. The number of benzene rings is 1. The van der Waals surface area contributed by atoms with Gasteiger partial charge in [0.1, 0.15) is 5.54 Å². The van der Waals surface area contributed by atoms with E-state index in [2.05, 4.69) is 15.5 Å². The Morgan fingerprint density at radius 3 is 2.81 bits per heavy atom. The summed E-state index contributed by atoms with van der Waals surface area (Å²) in [5, 5.41) is 12.1. The number of piperidine rings is 1. The zero-order chi connectivity index (χ0) is 18.6. The summed E-state index contributed by atoms with van der Waals surface area (Å²) < 4.78 is 5.72. The van der Waals surface area contributed by atoms with Crippen LogP contribution in [0, 0.1) is 6.92 Å². The fourth-order valence-corrected chi connectivity index (χ4v) is 5.15. The number of hydrogen-bond donors (Lipinski definition) is 1. The van der Waals surface area contributed by atoms with E-state index in [-0.39, 0.29) is 12.1 Å². The maximum absolute atomic E-state index is 13.1. The van der Waals surface area contributed by atoms with Crippen LogP contribution in [0.2, 0.25) is 5.02 Å². The molecule has 1 aromatic heterocycles. The van der Waals surface area contributed by atoms with Crippen molar-refractivity contribution in [3.8, 4) is 0 Å². The van der Waals surface area contributed by atoms with Crippen LogP contribution in [0.15, 0.2) is 22.6 Å². The molecule has 0 spiro atoms. The number of likely N-dealkylation sites (tertiary alicyclic amines) is 1. The Bertz CT molecular complexity index is 890. The van der Waals surface area contributed by atoms with E-state index in [4.69, 9.17) is 16.0 Å². The third-order valence-corrected chi connectivity index (χ3v) is 6.81. The largest absolute Gasteiger partial charge is 0.423 e. The predicted molar refractivity (Wildman–Crippen MR) is 102 cm³/mol. The fraction of sp³-hybridized carbons (Fsp3) is 0.550. The molecule has 1 unspecified atom stereocenters. The lowest BCUT2D eigenvalue weighted by atomic mass is 9.68. The van der Waals surface area contributed by atoms with Gasteiger partial charge in [-0.3, -0.25) is 0 Å². The number of nitrogens with one attached hydrogen (secondary N) is 1. The van der Waals surface area contributed by atoms with E-state index < -0.39 is 5.54 Å². The average Bonchev–Trinajstić information content (AvgIpc) is 3.03. The molecule has 2 atom stereocenters. The first-order valence-electron chi connectivity index (χ1n) is 9.77. The van der Waals surface area contributed by atoms with Crippen LogP contribution < -0.4 is 5.32 Å². The Morgan fingerprint density at radius 1 is 1.30 bits per heavy atom. The fourth-order valence-electron chi connectivity index (χ4n) is 4.88. The lowest BCUT2D eigenvalue weighted by Crippen LogP contribution is -2.69. The molecule has 1 aliphatic heterocycles. The van der Waals surface area contributed by atoms with Crippen LogP contribution in [0.1, 0.15) is 68.2 Å². The highest BCUT2D eigenvalue weighted by molar-refractivity contribution is 6.31. The first-order chi connectivity index (χ1) is 13.1. The molecule has 7 heteroatoms. The summed E-state index contributed by atoms with van der Waals surface area (Å²) in [7, 11) is 0. The highest BCUT2D eigenvalue weighted by Gasteiger charge is 2.60. The van der Waals surface area contributed by atoms with E-state index in [1.165, 1.54) is 19.3 Å². The minimum Gasteiger partial charge on any atom is -0.423 e. The molecule has 3 fully saturated rings. The van der Waals surface area contributed by atoms with Crippen molar-refractivity contribution in [3.05, 3.63) is 40.6 Å². The van der Waals surface area contributed by atoms with Gasteiger partial charge in [-0.1, -0.05) is 18.0 Å². The van der Waals surface area contributed by atoms with E-state index in [9.17, 15) is 4.79 Å². The van der Waals surface area contributed by atoms with Crippen molar-refractivity contribution < 1.29 is 9.21 Å². The van der Waals surface area contributed by atoms with Gasteiger partial charge in [-0.25, -0.2) is 4.79 Å². The highest BCUT2D eigenvalue weighted by Crippen LogP contribution is 2.53. The van der Waals surface area contributed by atoms with E-state index >= 15 is 0 Å². The lowest BCUT2D eigenvalue weighted by molar-refractivity contribution is -0.0912. The highest BCUT2D eigenvalue weighted by atomic mass is 35.5. The lowest BCUT2D eigenvalue weighted by Gasteiger charge is -2.59. The second-order valence-electron chi connectivity index (χ2n) is 8.07. The summed E-state index contributed by atoms with van der Waals surface area (Å²) in [6, 6.07) is 5.94. The Kier molecular flexibility index (Phi) is 3.93. The van der Waals surface area contributed by atoms with Crippen LogP contribution in [0.4, 0.5) is 10.5 Å². The Morgan fingerprint density at radius 2 is 2.15 bits per heavy atom. The standard InChI is InChI=1S/C20H23ClN4O2/c1-12-23-24-18(27-12)20-9-3-6-15(11-20)25(20)19(26)22-14-7-8-17(21)16(10-14)13-4-2-5-13/h7-8,10,13,15H,2-6,9,11H2,1H3,(H,22,26)/t15-,20?/m1/s1. The smallest absolute Gasteiger partial charge is 0.322 e. The molecule has 2 saturated carbocycles. The Balaban J connectivity index is 1.39. The number of carbonyl (C=O) groups is 1. The molecule has 27 heavy (non-hydrogen) atoms. The number of carbonyl (C=O) groups excluding carboxylic acids is 1. The Labute approximate surface area is 163 Å². The number of anilines is 1.